The van der Waals surface area contributed by atoms with Gasteiger partial charge in [-0.3, -0.25) is 0 Å². The maximum Gasteiger partial charge on any atom is 0.314 e. The minimum Gasteiger partial charge on any atom is -0.497 e. The van der Waals surface area contributed by atoms with E-state index >= 15 is 0 Å². The van der Waals surface area contributed by atoms with Crippen LogP contribution in [0, 0.1) is 5.82 Å². The molecule has 2 rings (SSSR count). The smallest absolute Gasteiger partial charge is 0.314 e. The monoisotopic (exact) mass is 346 g/mol. The predicted octanol–water partition coefficient (Wildman–Crippen LogP) is 2.80. The number of carbonyl (C=O) groups excluding carboxylic acids is 1. The highest BCUT2D eigenvalue weighted by atomic mass is 19.1. The third-order valence-corrected chi connectivity index (χ3v) is 3.77. The van der Waals surface area contributed by atoms with Crippen LogP contribution in [0.4, 0.5) is 9.18 Å². The van der Waals surface area contributed by atoms with Crippen LogP contribution in [0.15, 0.2) is 48.5 Å². The quantitative estimate of drug-likeness (QED) is 0.644. The van der Waals surface area contributed by atoms with Gasteiger partial charge in [0.15, 0.2) is 0 Å². The number of methoxy groups -OCH3 is 1. The zero-order valence-corrected chi connectivity index (χ0v) is 14.2. The van der Waals surface area contributed by atoms with Gasteiger partial charge in [-0.25, -0.2) is 9.18 Å². The fraction of sp³-hybridized carbons (Fsp3) is 0.316. The molecule has 0 saturated carbocycles. The van der Waals surface area contributed by atoms with E-state index in [0.717, 1.165) is 5.56 Å². The first-order valence-corrected chi connectivity index (χ1v) is 8.16. The van der Waals surface area contributed by atoms with E-state index in [1.165, 1.54) is 12.1 Å². The number of carbonyl (C=O) groups is 1. The van der Waals surface area contributed by atoms with Crippen molar-refractivity contribution in [2.45, 2.75) is 18.9 Å². The molecule has 0 bridgehead atoms. The van der Waals surface area contributed by atoms with Gasteiger partial charge in [-0.15, -0.1) is 0 Å². The Bertz CT molecular complexity index is 677. The van der Waals surface area contributed by atoms with Gasteiger partial charge in [-0.2, -0.15) is 0 Å². The maximum absolute atomic E-state index is 13.1. The Kier molecular flexibility index (Phi) is 7.22. The number of rotatable bonds is 8. The summed E-state index contributed by atoms with van der Waals surface area (Å²) < 4.78 is 18.1. The average Bonchev–Trinajstić information content (AvgIpc) is 2.63. The van der Waals surface area contributed by atoms with E-state index in [1.807, 2.05) is 6.07 Å². The average molecular weight is 346 g/mol. The van der Waals surface area contributed by atoms with E-state index in [-0.39, 0.29) is 18.4 Å². The van der Waals surface area contributed by atoms with Crippen molar-refractivity contribution in [2.24, 2.45) is 0 Å². The number of ether oxygens (including phenoxy) is 1. The number of hydrogen-bond acceptors (Lipinski definition) is 3. The lowest BCUT2D eigenvalue weighted by Gasteiger charge is -2.13. The number of aliphatic hydroxyl groups is 1. The van der Waals surface area contributed by atoms with Gasteiger partial charge in [0.2, 0.25) is 0 Å². The number of halogens is 1. The number of aliphatic hydroxyl groups excluding tert-OH is 1. The SMILES string of the molecule is COc1ccc(C(O)CNC(=O)NCCCc2cccc(F)c2)cc1. The Hall–Kier alpha value is -2.60. The number of amides is 2. The molecule has 2 amide bonds. The molecule has 0 radical (unpaired) electrons. The zero-order valence-electron chi connectivity index (χ0n) is 14.2. The predicted molar refractivity (Wildman–Crippen MR) is 94.1 cm³/mol. The molecular formula is C19H23FN2O3. The topological polar surface area (TPSA) is 70.6 Å². The molecule has 0 aromatic heterocycles. The van der Waals surface area contributed by atoms with Crippen molar-refractivity contribution in [1.29, 1.82) is 0 Å². The Morgan fingerprint density at radius 3 is 2.64 bits per heavy atom. The highest BCUT2D eigenvalue weighted by Gasteiger charge is 2.09. The van der Waals surface area contributed by atoms with E-state index in [4.69, 9.17) is 4.74 Å². The van der Waals surface area contributed by atoms with E-state index < -0.39 is 6.10 Å². The molecule has 6 heteroatoms. The molecule has 0 fully saturated rings. The minimum absolute atomic E-state index is 0.113. The van der Waals surface area contributed by atoms with Crippen LogP contribution in [0.5, 0.6) is 5.75 Å². The summed E-state index contributed by atoms with van der Waals surface area (Å²) >= 11 is 0. The molecule has 2 aromatic rings. The van der Waals surface area contributed by atoms with Crippen LogP contribution in [-0.2, 0) is 6.42 Å². The summed E-state index contributed by atoms with van der Waals surface area (Å²) in [6.45, 7) is 0.586. The Labute approximate surface area is 146 Å². The van der Waals surface area contributed by atoms with E-state index in [1.54, 1.807) is 37.4 Å². The Balaban J connectivity index is 1.64. The molecule has 1 unspecified atom stereocenters. The highest BCUT2D eigenvalue weighted by molar-refractivity contribution is 5.73. The number of hydrogen-bond donors (Lipinski definition) is 3. The number of benzene rings is 2. The molecule has 0 aliphatic heterocycles. The normalized spacial score (nSPS) is 11.6. The standard InChI is InChI=1S/C19H23FN2O3/c1-25-17-9-7-15(8-10-17)18(23)13-22-19(24)21-11-3-5-14-4-2-6-16(20)12-14/h2,4,6-10,12,18,23H,3,5,11,13H2,1H3,(H2,21,22,24). The third-order valence-electron chi connectivity index (χ3n) is 3.77. The maximum atomic E-state index is 13.1. The largest absolute Gasteiger partial charge is 0.497 e. The van der Waals surface area contributed by atoms with Gasteiger partial charge < -0.3 is 20.5 Å². The number of aryl methyl sites for hydroxylation is 1. The van der Waals surface area contributed by atoms with Gasteiger partial charge in [0.05, 0.1) is 13.2 Å². The van der Waals surface area contributed by atoms with Crippen LogP contribution >= 0.6 is 0 Å². The first-order chi connectivity index (χ1) is 12.1. The first kappa shape index (κ1) is 18.7. The van der Waals surface area contributed by atoms with Crippen LogP contribution in [0.1, 0.15) is 23.7 Å². The molecule has 5 nitrogen and oxygen atoms in total. The zero-order chi connectivity index (χ0) is 18.1. The van der Waals surface area contributed by atoms with Crippen LogP contribution in [-0.4, -0.2) is 31.3 Å². The summed E-state index contributed by atoms with van der Waals surface area (Å²) in [4.78, 5) is 11.7. The van der Waals surface area contributed by atoms with Crippen molar-refractivity contribution >= 4 is 6.03 Å². The van der Waals surface area contributed by atoms with Crippen LogP contribution in [0.2, 0.25) is 0 Å². The summed E-state index contributed by atoms with van der Waals surface area (Å²) in [6.07, 6.45) is 0.605. The molecule has 134 valence electrons. The van der Waals surface area contributed by atoms with Crippen molar-refractivity contribution in [2.75, 3.05) is 20.2 Å². The summed E-state index contributed by atoms with van der Waals surface area (Å²) in [6, 6.07) is 13.1. The fourth-order valence-electron chi connectivity index (χ4n) is 2.38. The van der Waals surface area contributed by atoms with Gasteiger partial charge in [0.25, 0.3) is 0 Å². The second-order valence-corrected chi connectivity index (χ2v) is 5.66. The summed E-state index contributed by atoms with van der Waals surface area (Å²) in [7, 11) is 1.58. The van der Waals surface area contributed by atoms with Gasteiger partial charge in [-0.05, 0) is 48.2 Å². The van der Waals surface area contributed by atoms with Crippen molar-refractivity contribution in [3.63, 3.8) is 0 Å². The molecule has 0 aliphatic carbocycles. The molecule has 0 aliphatic rings. The Morgan fingerprint density at radius 1 is 1.20 bits per heavy atom. The summed E-state index contributed by atoms with van der Waals surface area (Å²) in [5.41, 5.74) is 1.60. The highest BCUT2D eigenvalue weighted by Crippen LogP contribution is 2.16. The van der Waals surface area contributed by atoms with Gasteiger partial charge in [0, 0.05) is 13.1 Å². The third kappa shape index (κ3) is 6.43. The molecule has 3 N–H and O–H groups in total. The fourth-order valence-corrected chi connectivity index (χ4v) is 2.38. The lowest BCUT2D eigenvalue weighted by atomic mass is 10.1. The second-order valence-electron chi connectivity index (χ2n) is 5.66. The van der Waals surface area contributed by atoms with Gasteiger partial charge in [-0.1, -0.05) is 24.3 Å². The van der Waals surface area contributed by atoms with Gasteiger partial charge in [0.1, 0.15) is 11.6 Å². The van der Waals surface area contributed by atoms with Crippen molar-refractivity contribution in [1.82, 2.24) is 10.6 Å². The lowest BCUT2D eigenvalue weighted by Crippen LogP contribution is -2.38. The lowest BCUT2D eigenvalue weighted by molar-refractivity contribution is 0.173. The Morgan fingerprint density at radius 2 is 1.96 bits per heavy atom. The minimum atomic E-state index is -0.788. The number of urea groups is 1. The second kappa shape index (κ2) is 9.64. The number of nitrogens with one attached hydrogen (secondary N) is 2. The molecule has 2 aromatic carbocycles. The van der Waals surface area contributed by atoms with E-state index in [0.29, 0.717) is 30.7 Å². The van der Waals surface area contributed by atoms with Crippen LogP contribution in [0.3, 0.4) is 0 Å². The molecule has 0 spiro atoms. The summed E-state index contributed by atoms with van der Waals surface area (Å²) in [5.74, 6) is 0.454. The molecule has 25 heavy (non-hydrogen) atoms. The van der Waals surface area contributed by atoms with Crippen molar-refractivity contribution in [3.8, 4) is 5.75 Å². The van der Waals surface area contributed by atoms with Crippen LogP contribution in [0.25, 0.3) is 0 Å². The van der Waals surface area contributed by atoms with Crippen molar-refractivity contribution < 1.29 is 19.0 Å². The van der Waals surface area contributed by atoms with Gasteiger partial charge >= 0.3 is 6.03 Å². The molecule has 0 saturated heterocycles. The molecule has 0 heterocycles. The van der Waals surface area contributed by atoms with Crippen LogP contribution < -0.4 is 15.4 Å². The molecular weight excluding hydrogens is 323 g/mol. The van der Waals surface area contributed by atoms with E-state index in [9.17, 15) is 14.3 Å². The van der Waals surface area contributed by atoms with Crippen molar-refractivity contribution in [3.05, 3.63) is 65.5 Å². The molecule has 1 atom stereocenters. The first-order valence-electron chi connectivity index (χ1n) is 8.16. The summed E-state index contributed by atoms with van der Waals surface area (Å²) in [5, 5.41) is 15.4. The van der Waals surface area contributed by atoms with E-state index in [2.05, 4.69) is 10.6 Å².